The molecule has 2 rings (SSSR count). The molecule has 1 unspecified atom stereocenters. The zero-order valence-electron chi connectivity index (χ0n) is 9.69. The van der Waals surface area contributed by atoms with Gasteiger partial charge in [-0.3, -0.25) is 0 Å². The van der Waals surface area contributed by atoms with Gasteiger partial charge in [0.2, 0.25) is 0 Å². The topological polar surface area (TPSA) is 20.2 Å². The van der Waals surface area contributed by atoms with E-state index in [1.165, 1.54) is 16.0 Å². The molecule has 0 spiro atoms. The molecule has 0 radical (unpaired) electrons. The quantitative estimate of drug-likeness (QED) is 0.891. The minimum atomic E-state index is 0.216. The summed E-state index contributed by atoms with van der Waals surface area (Å²) in [5.74, 6) is 0.303. The predicted octanol–water partition coefficient (Wildman–Crippen LogP) is 4.33. The molecule has 1 N–H and O–H groups in total. The van der Waals surface area contributed by atoms with E-state index < -0.39 is 0 Å². The number of hydrogen-bond acceptors (Lipinski definition) is 2. The molecular formula is C14H15BrOS. The van der Waals surface area contributed by atoms with Crippen LogP contribution in [0.5, 0.6) is 0 Å². The van der Waals surface area contributed by atoms with Gasteiger partial charge < -0.3 is 5.11 Å². The molecular weight excluding hydrogens is 296 g/mol. The van der Waals surface area contributed by atoms with Crippen LogP contribution in [0.25, 0.3) is 0 Å². The lowest BCUT2D eigenvalue weighted by Crippen LogP contribution is -2.01. The maximum Gasteiger partial charge on any atom is 0.0701 e. The van der Waals surface area contributed by atoms with Gasteiger partial charge >= 0.3 is 0 Å². The van der Waals surface area contributed by atoms with Crippen molar-refractivity contribution in [3.05, 3.63) is 56.2 Å². The molecule has 1 aromatic carbocycles. The Morgan fingerprint density at radius 3 is 2.41 bits per heavy atom. The number of thiophene rings is 1. The summed E-state index contributed by atoms with van der Waals surface area (Å²) in [6.45, 7) is 2.31. The van der Waals surface area contributed by atoms with Crippen LogP contribution >= 0.6 is 27.3 Å². The molecule has 0 aliphatic carbocycles. The molecule has 0 saturated heterocycles. The molecule has 2 aromatic rings. The van der Waals surface area contributed by atoms with Crippen molar-refractivity contribution in [1.82, 2.24) is 0 Å². The minimum Gasteiger partial charge on any atom is -0.396 e. The van der Waals surface area contributed by atoms with Gasteiger partial charge in [0, 0.05) is 17.4 Å². The highest BCUT2D eigenvalue weighted by molar-refractivity contribution is 9.11. The first-order valence-electron chi connectivity index (χ1n) is 5.63. The van der Waals surface area contributed by atoms with Crippen LogP contribution in [0.15, 0.2) is 40.2 Å². The van der Waals surface area contributed by atoms with Gasteiger partial charge in [-0.1, -0.05) is 29.8 Å². The maximum absolute atomic E-state index is 9.21. The normalized spacial score (nSPS) is 12.6. The largest absolute Gasteiger partial charge is 0.396 e. The van der Waals surface area contributed by atoms with Gasteiger partial charge in [0.1, 0.15) is 0 Å². The van der Waals surface area contributed by atoms with Crippen molar-refractivity contribution in [3.8, 4) is 0 Å². The molecule has 1 aromatic heterocycles. The zero-order valence-corrected chi connectivity index (χ0v) is 12.1. The number of hydrogen-bond donors (Lipinski definition) is 1. The second-order valence-electron chi connectivity index (χ2n) is 4.12. The minimum absolute atomic E-state index is 0.216. The van der Waals surface area contributed by atoms with E-state index in [0.29, 0.717) is 5.92 Å². The van der Waals surface area contributed by atoms with Crippen molar-refractivity contribution in [2.45, 2.75) is 19.3 Å². The van der Waals surface area contributed by atoms with Crippen LogP contribution in [-0.4, -0.2) is 11.7 Å². The van der Waals surface area contributed by atoms with Crippen LogP contribution in [0.1, 0.15) is 28.3 Å². The summed E-state index contributed by atoms with van der Waals surface area (Å²) in [5.41, 5.74) is 2.54. The van der Waals surface area contributed by atoms with Crippen LogP contribution in [0, 0.1) is 6.92 Å². The van der Waals surface area contributed by atoms with Crippen molar-refractivity contribution < 1.29 is 5.11 Å². The molecule has 0 fully saturated rings. The van der Waals surface area contributed by atoms with E-state index in [1.54, 1.807) is 11.3 Å². The lowest BCUT2D eigenvalue weighted by molar-refractivity contribution is 0.282. The van der Waals surface area contributed by atoms with Crippen molar-refractivity contribution in [2.75, 3.05) is 6.61 Å². The molecule has 0 aliphatic rings. The van der Waals surface area contributed by atoms with Crippen LogP contribution in [0.4, 0.5) is 0 Å². The van der Waals surface area contributed by atoms with E-state index in [0.717, 1.165) is 10.2 Å². The first-order chi connectivity index (χ1) is 8.20. The molecule has 3 heteroatoms. The standard InChI is InChI=1S/C14H15BrOS/c1-10-2-4-11(5-3-10)12(8-9-16)13-6-7-14(15)17-13/h2-7,12,16H,8-9H2,1H3. The molecule has 0 amide bonds. The molecule has 1 atom stereocenters. The first kappa shape index (κ1) is 12.8. The second-order valence-corrected chi connectivity index (χ2v) is 6.61. The zero-order chi connectivity index (χ0) is 12.3. The molecule has 17 heavy (non-hydrogen) atoms. The summed E-state index contributed by atoms with van der Waals surface area (Å²) < 4.78 is 1.14. The van der Waals surface area contributed by atoms with Gasteiger partial charge in [-0.05, 0) is 47.0 Å². The number of halogens is 1. The van der Waals surface area contributed by atoms with Crippen LogP contribution in [0.2, 0.25) is 0 Å². The Hall–Kier alpha value is -0.640. The molecule has 0 aliphatic heterocycles. The number of aryl methyl sites for hydroxylation is 1. The van der Waals surface area contributed by atoms with Crippen LogP contribution in [0.3, 0.4) is 0 Å². The Kier molecular flexibility index (Phi) is 4.37. The lowest BCUT2D eigenvalue weighted by atomic mass is 9.94. The highest BCUT2D eigenvalue weighted by Crippen LogP contribution is 2.34. The molecule has 0 bridgehead atoms. The number of benzene rings is 1. The van der Waals surface area contributed by atoms with Gasteiger partial charge in [0.05, 0.1) is 3.79 Å². The van der Waals surface area contributed by atoms with E-state index in [-0.39, 0.29) is 6.61 Å². The first-order valence-corrected chi connectivity index (χ1v) is 7.24. The van der Waals surface area contributed by atoms with Crippen molar-refractivity contribution in [2.24, 2.45) is 0 Å². The van der Waals surface area contributed by atoms with Gasteiger partial charge in [-0.25, -0.2) is 0 Å². The molecule has 90 valence electrons. The summed E-state index contributed by atoms with van der Waals surface area (Å²) in [6, 6.07) is 12.8. The Bertz CT molecular complexity index is 475. The van der Waals surface area contributed by atoms with Crippen LogP contribution < -0.4 is 0 Å². The van der Waals surface area contributed by atoms with Gasteiger partial charge in [0.15, 0.2) is 0 Å². The summed E-state index contributed by atoms with van der Waals surface area (Å²) in [6.07, 6.45) is 0.774. The molecule has 1 nitrogen and oxygen atoms in total. The van der Waals surface area contributed by atoms with E-state index in [4.69, 9.17) is 0 Å². The lowest BCUT2D eigenvalue weighted by Gasteiger charge is -2.14. The third-order valence-corrected chi connectivity index (χ3v) is 4.57. The van der Waals surface area contributed by atoms with Crippen molar-refractivity contribution in [3.63, 3.8) is 0 Å². The molecule has 0 saturated carbocycles. The summed E-state index contributed by atoms with van der Waals surface area (Å²) in [5, 5.41) is 9.21. The number of rotatable bonds is 4. The number of aliphatic hydroxyl groups is 1. The fourth-order valence-electron chi connectivity index (χ4n) is 1.92. The summed E-state index contributed by atoms with van der Waals surface area (Å²) >= 11 is 5.23. The van der Waals surface area contributed by atoms with E-state index in [9.17, 15) is 5.11 Å². The highest BCUT2D eigenvalue weighted by atomic mass is 79.9. The van der Waals surface area contributed by atoms with E-state index >= 15 is 0 Å². The van der Waals surface area contributed by atoms with Gasteiger partial charge in [-0.15, -0.1) is 11.3 Å². The molecule has 1 heterocycles. The highest BCUT2D eigenvalue weighted by Gasteiger charge is 2.15. The average molecular weight is 311 g/mol. The SMILES string of the molecule is Cc1ccc(C(CCO)c2ccc(Br)s2)cc1. The third-order valence-electron chi connectivity index (χ3n) is 2.83. The smallest absolute Gasteiger partial charge is 0.0701 e. The van der Waals surface area contributed by atoms with E-state index in [2.05, 4.69) is 59.3 Å². The number of aliphatic hydroxyl groups excluding tert-OH is 1. The summed E-state index contributed by atoms with van der Waals surface area (Å²) in [7, 11) is 0. The second kappa shape index (κ2) is 5.80. The third kappa shape index (κ3) is 3.18. The van der Waals surface area contributed by atoms with Gasteiger partial charge in [-0.2, -0.15) is 0 Å². The maximum atomic E-state index is 9.21. The fourth-order valence-corrected chi connectivity index (χ4v) is 3.50. The van der Waals surface area contributed by atoms with Gasteiger partial charge in [0.25, 0.3) is 0 Å². The average Bonchev–Trinajstić information content (AvgIpc) is 2.74. The Morgan fingerprint density at radius 2 is 1.88 bits per heavy atom. The summed E-state index contributed by atoms with van der Waals surface area (Å²) in [4.78, 5) is 1.30. The predicted molar refractivity (Wildman–Crippen MR) is 76.7 cm³/mol. The Balaban J connectivity index is 2.31. The fraction of sp³-hybridized carbons (Fsp3) is 0.286. The Labute approximate surface area is 114 Å². The Morgan fingerprint density at radius 1 is 1.18 bits per heavy atom. The van der Waals surface area contributed by atoms with Crippen molar-refractivity contribution >= 4 is 27.3 Å². The van der Waals surface area contributed by atoms with Crippen LogP contribution in [-0.2, 0) is 0 Å². The van der Waals surface area contributed by atoms with Crippen molar-refractivity contribution in [1.29, 1.82) is 0 Å². The van der Waals surface area contributed by atoms with E-state index in [1.807, 2.05) is 0 Å². The monoisotopic (exact) mass is 310 g/mol.